The van der Waals surface area contributed by atoms with Crippen LogP contribution in [-0.2, 0) is 4.79 Å². The molecule has 1 aliphatic carbocycles. The summed E-state index contributed by atoms with van der Waals surface area (Å²) >= 11 is 6.50. The fraction of sp³-hybridized carbons (Fsp3) is 0.345. The van der Waals surface area contributed by atoms with E-state index < -0.39 is 41.9 Å². The van der Waals surface area contributed by atoms with Crippen LogP contribution in [0, 0.1) is 6.92 Å². The number of alkyl halides is 2. The maximum Gasteiger partial charge on any atom is 0.275 e. The maximum absolute atomic E-state index is 15.5. The molecule has 204 valence electrons. The number of benzene rings is 2. The maximum atomic E-state index is 15.5. The molecule has 1 aliphatic heterocycles. The highest BCUT2D eigenvalue weighted by Gasteiger charge is 2.41. The van der Waals surface area contributed by atoms with E-state index in [1.807, 2.05) is 13.0 Å². The van der Waals surface area contributed by atoms with Crippen molar-refractivity contribution in [3.8, 4) is 5.69 Å². The number of aryl methyl sites for hydroxylation is 1. The van der Waals surface area contributed by atoms with E-state index in [0.717, 1.165) is 24.6 Å². The summed E-state index contributed by atoms with van der Waals surface area (Å²) in [6.07, 6.45) is 4.15. The van der Waals surface area contributed by atoms with E-state index in [1.165, 1.54) is 11.0 Å². The first-order valence-electron chi connectivity index (χ1n) is 13.0. The van der Waals surface area contributed by atoms with Crippen molar-refractivity contribution < 1.29 is 23.5 Å². The van der Waals surface area contributed by atoms with Crippen molar-refractivity contribution in [3.63, 3.8) is 0 Å². The molecule has 2 heterocycles. The number of hydrogen-bond donors (Lipinski definition) is 2. The van der Waals surface area contributed by atoms with Gasteiger partial charge in [0.1, 0.15) is 0 Å². The number of aliphatic hydroxyl groups excluding tert-OH is 1. The molecule has 2 amide bonds. The quantitative estimate of drug-likeness (QED) is 0.427. The van der Waals surface area contributed by atoms with E-state index in [-0.39, 0.29) is 28.4 Å². The molecule has 3 aromatic rings. The van der Waals surface area contributed by atoms with E-state index in [9.17, 15) is 14.7 Å². The third-order valence-electron chi connectivity index (χ3n) is 7.28. The lowest BCUT2D eigenvalue weighted by Crippen LogP contribution is -2.44. The first kappa shape index (κ1) is 27.0. The number of halogens is 3. The summed E-state index contributed by atoms with van der Waals surface area (Å²) in [6.45, 7) is 1.58. The summed E-state index contributed by atoms with van der Waals surface area (Å²) < 4.78 is 32.7. The fourth-order valence-electron chi connectivity index (χ4n) is 5.19. The number of amides is 2. The van der Waals surface area contributed by atoms with Crippen molar-refractivity contribution >= 4 is 34.7 Å². The fourth-order valence-corrected chi connectivity index (χ4v) is 5.45. The number of carbonyl (C=O) groups is 2. The summed E-state index contributed by atoms with van der Waals surface area (Å²) in [5.74, 6) is -4.60. The van der Waals surface area contributed by atoms with E-state index >= 15 is 8.78 Å². The Hall–Kier alpha value is -3.56. The number of aliphatic hydroxyl groups is 1. The third kappa shape index (κ3) is 5.60. The number of carbonyl (C=O) groups excluding carboxylic acids is 2. The lowest BCUT2D eigenvalue weighted by Gasteiger charge is -2.28. The molecular formula is C29H29ClF2N4O3. The van der Waals surface area contributed by atoms with Gasteiger partial charge in [0.2, 0.25) is 5.91 Å². The Morgan fingerprint density at radius 3 is 2.64 bits per heavy atom. The SMILES string of the molecule is Cc1ccn(-c2ccc(C(=O)N3CCC(F)(F)/C(=C\C(=O)NC4CCCCC4O)c4ccccc43)c(Cl)c2)n1. The summed E-state index contributed by atoms with van der Waals surface area (Å²) in [7, 11) is 0. The number of para-hydroxylation sites is 1. The summed E-state index contributed by atoms with van der Waals surface area (Å²) in [4.78, 5) is 27.8. The van der Waals surface area contributed by atoms with Crippen LogP contribution in [0.4, 0.5) is 14.5 Å². The normalized spacial score (nSPS) is 21.8. The van der Waals surface area contributed by atoms with E-state index in [0.29, 0.717) is 18.5 Å². The van der Waals surface area contributed by atoms with Gasteiger partial charge in [-0.3, -0.25) is 9.59 Å². The smallest absolute Gasteiger partial charge is 0.275 e. The first-order chi connectivity index (χ1) is 18.6. The van der Waals surface area contributed by atoms with Gasteiger partial charge in [-0.15, -0.1) is 0 Å². The molecule has 2 aromatic carbocycles. The van der Waals surface area contributed by atoms with Crippen molar-refractivity contribution in [2.75, 3.05) is 11.4 Å². The second-order valence-corrected chi connectivity index (χ2v) is 10.4. The Morgan fingerprint density at radius 1 is 1.15 bits per heavy atom. The molecule has 1 fully saturated rings. The van der Waals surface area contributed by atoms with Crippen molar-refractivity contribution in [1.29, 1.82) is 0 Å². The van der Waals surface area contributed by atoms with Gasteiger partial charge in [0.15, 0.2) is 0 Å². The van der Waals surface area contributed by atoms with Crippen molar-refractivity contribution in [3.05, 3.63) is 82.6 Å². The largest absolute Gasteiger partial charge is 0.391 e. The van der Waals surface area contributed by atoms with Gasteiger partial charge in [-0.05, 0) is 50.1 Å². The molecule has 39 heavy (non-hydrogen) atoms. The van der Waals surface area contributed by atoms with E-state index in [1.54, 1.807) is 47.3 Å². The van der Waals surface area contributed by atoms with Crippen LogP contribution in [0.1, 0.15) is 53.7 Å². The molecule has 0 radical (unpaired) electrons. The monoisotopic (exact) mass is 554 g/mol. The molecule has 1 saturated carbocycles. The predicted molar refractivity (Wildman–Crippen MR) is 145 cm³/mol. The Morgan fingerprint density at radius 2 is 1.92 bits per heavy atom. The molecule has 10 heteroatoms. The summed E-state index contributed by atoms with van der Waals surface area (Å²) in [6, 6.07) is 12.5. The molecule has 2 atom stereocenters. The molecule has 0 bridgehead atoms. The van der Waals surface area contributed by atoms with Crippen LogP contribution < -0.4 is 10.2 Å². The molecule has 2 unspecified atom stereocenters. The molecule has 1 aromatic heterocycles. The summed E-state index contributed by atoms with van der Waals surface area (Å²) in [5, 5.41) is 17.4. The number of fused-ring (bicyclic) bond motifs is 1. The van der Waals surface area contributed by atoms with Gasteiger partial charge >= 0.3 is 0 Å². The van der Waals surface area contributed by atoms with Crippen molar-refractivity contribution in [2.45, 2.75) is 57.1 Å². The minimum atomic E-state index is -3.38. The van der Waals surface area contributed by atoms with Gasteiger partial charge in [-0.25, -0.2) is 13.5 Å². The number of nitrogens with one attached hydrogen (secondary N) is 1. The molecular weight excluding hydrogens is 526 g/mol. The minimum Gasteiger partial charge on any atom is -0.391 e. The van der Waals surface area contributed by atoms with Crippen LogP contribution in [0.3, 0.4) is 0 Å². The summed E-state index contributed by atoms with van der Waals surface area (Å²) in [5.41, 5.74) is 1.53. The number of allylic oxidation sites excluding steroid dienone is 1. The Balaban J connectivity index is 1.47. The van der Waals surface area contributed by atoms with E-state index in [2.05, 4.69) is 10.4 Å². The number of hydrogen-bond acceptors (Lipinski definition) is 4. The van der Waals surface area contributed by atoms with Crippen LogP contribution in [0.25, 0.3) is 11.3 Å². The van der Waals surface area contributed by atoms with Crippen molar-refractivity contribution in [1.82, 2.24) is 15.1 Å². The van der Waals surface area contributed by atoms with Crippen LogP contribution in [-0.4, -0.2) is 51.3 Å². The zero-order chi connectivity index (χ0) is 27.7. The van der Waals surface area contributed by atoms with Crippen LogP contribution in [0.15, 0.2) is 60.8 Å². The van der Waals surface area contributed by atoms with Gasteiger partial charge < -0.3 is 15.3 Å². The van der Waals surface area contributed by atoms with Gasteiger partial charge in [-0.2, -0.15) is 5.10 Å². The van der Waals surface area contributed by atoms with Gasteiger partial charge in [0.05, 0.1) is 39.8 Å². The second-order valence-electron chi connectivity index (χ2n) is 10.0. The predicted octanol–water partition coefficient (Wildman–Crippen LogP) is 5.32. The number of nitrogens with zero attached hydrogens (tertiary/aromatic N) is 3. The van der Waals surface area contributed by atoms with E-state index in [4.69, 9.17) is 11.6 Å². The zero-order valence-corrected chi connectivity index (χ0v) is 22.2. The molecule has 2 N–H and O–H groups in total. The zero-order valence-electron chi connectivity index (χ0n) is 21.4. The van der Waals surface area contributed by atoms with Crippen LogP contribution in [0.2, 0.25) is 5.02 Å². The molecule has 5 rings (SSSR count). The molecule has 0 spiro atoms. The minimum absolute atomic E-state index is 0.0902. The number of rotatable bonds is 4. The van der Waals surface area contributed by atoms with Gasteiger partial charge in [-0.1, -0.05) is 42.6 Å². The average molecular weight is 555 g/mol. The number of aromatic nitrogens is 2. The highest BCUT2D eigenvalue weighted by Crippen LogP contribution is 2.43. The standard InChI is InChI=1S/C29H29ClF2N4O3/c1-18-12-14-36(34-18)19-10-11-21(23(30)16-19)28(39)35-15-13-29(31,32)22(20-6-2-4-8-25(20)35)17-27(38)33-24-7-3-5-9-26(24)37/h2,4,6,8,10-12,14,16-17,24,26,37H,3,5,7,9,13,15H2,1H3,(H,33,38)/b22-17-. The Bertz CT molecular complexity index is 1440. The second kappa shape index (κ2) is 10.9. The van der Waals surface area contributed by atoms with Gasteiger partial charge in [0, 0.05) is 36.4 Å². The van der Waals surface area contributed by atoms with Crippen molar-refractivity contribution in [2.24, 2.45) is 0 Å². The molecule has 0 saturated heterocycles. The first-order valence-corrected chi connectivity index (χ1v) is 13.3. The highest BCUT2D eigenvalue weighted by molar-refractivity contribution is 6.34. The topological polar surface area (TPSA) is 87.5 Å². The number of anilines is 1. The van der Waals surface area contributed by atoms with Crippen LogP contribution in [0.5, 0.6) is 0 Å². The lowest BCUT2D eigenvalue weighted by atomic mass is 9.92. The Labute approximate surface area is 230 Å². The Kier molecular flexibility index (Phi) is 7.55. The van der Waals surface area contributed by atoms with Gasteiger partial charge in [0.25, 0.3) is 11.8 Å². The lowest BCUT2D eigenvalue weighted by molar-refractivity contribution is -0.118. The third-order valence-corrected chi connectivity index (χ3v) is 7.59. The highest BCUT2D eigenvalue weighted by atomic mass is 35.5. The molecule has 7 nitrogen and oxygen atoms in total. The van der Waals surface area contributed by atoms with Crippen LogP contribution >= 0.6 is 11.6 Å². The molecule has 2 aliphatic rings. The average Bonchev–Trinajstić information content (AvgIpc) is 3.31.